The van der Waals surface area contributed by atoms with Crippen molar-refractivity contribution in [1.29, 1.82) is 0 Å². The van der Waals surface area contributed by atoms with Crippen molar-refractivity contribution in [2.24, 2.45) is 5.92 Å². The predicted molar refractivity (Wildman–Crippen MR) is 65.7 cm³/mol. The van der Waals surface area contributed by atoms with Crippen molar-refractivity contribution in [3.63, 3.8) is 0 Å². The monoisotopic (exact) mass is 207 g/mol. The van der Waals surface area contributed by atoms with Crippen LogP contribution in [-0.4, -0.2) is 13.7 Å². The van der Waals surface area contributed by atoms with E-state index in [2.05, 4.69) is 38.2 Å². The predicted octanol–water partition coefficient (Wildman–Crippen LogP) is 3.46. The molecular weight excluding hydrogens is 186 g/mol. The summed E-state index contributed by atoms with van der Waals surface area (Å²) >= 11 is 0. The van der Waals surface area contributed by atoms with Crippen molar-refractivity contribution >= 4 is 5.69 Å². The molecule has 2 heteroatoms. The fourth-order valence-electron chi connectivity index (χ4n) is 1.39. The Labute approximate surface area is 92.6 Å². The second kappa shape index (κ2) is 5.64. The first kappa shape index (κ1) is 11.9. The molecule has 15 heavy (non-hydrogen) atoms. The molecule has 0 unspecified atom stereocenters. The smallest absolute Gasteiger partial charge is 0.119 e. The van der Waals surface area contributed by atoms with Crippen molar-refractivity contribution in [3.05, 3.63) is 23.8 Å². The Morgan fingerprint density at radius 3 is 2.67 bits per heavy atom. The Kier molecular flexibility index (Phi) is 4.47. The first-order valence-electron chi connectivity index (χ1n) is 5.55. The lowest BCUT2D eigenvalue weighted by Crippen LogP contribution is -2.10. The second-order valence-electron chi connectivity index (χ2n) is 4.08. The first-order valence-corrected chi connectivity index (χ1v) is 5.55. The van der Waals surface area contributed by atoms with Gasteiger partial charge in [-0.1, -0.05) is 20.3 Å². The minimum absolute atomic E-state index is 0.714. The SMILES string of the molecule is CC[C@@H](C)CNc1ccc(OC)cc1C. The molecule has 1 rings (SSSR count). The molecule has 0 heterocycles. The van der Waals surface area contributed by atoms with Crippen LogP contribution in [-0.2, 0) is 0 Å². The van der Waals surface area contributed by atoms with Crippen molar-refractivity contribution in [2.45, 2.75) is 27.2 Å². The highest BCUT2D eigenvalue weighted by Gasteiger charge is 2.02. The fraction of sp³-hybridized carbons (Fsp3) is 0.538. The molecule has 0 aliphatic heterocycles. The summed E-state index contributed by atoms with van der Waals surface area (Å²) in [5.41, 5.74) is 2.44. The average Bonchev–Trinajstić information content (AvgIpc) is 2.26. The standard InChI is InChI=1S/C13H21NO/c1-5-10(2)9-14-13-7-6-12(15-4)8-11(13)3/h6-8,10,14H,5,9H2,1-4H3/t10-/m1/s1. The molecule has 1 atom stereocenters. The third kappa shape index (κ3) is 3.46. The Morgan fingerprint density at radius 2 is 2.13 bits per heavy atom. The molecule has 0 aliphatic carbocycles. The van der Waals surface area contributed by atoms with Gasteiger partial charge in [0.15, 0.2) is 0 Å². The Bertz CT molecular complexity index is 309. The molecule has 0 aromatic heterocycles. The summed E-state index contributed by atoms with van der Waals surface area (Å²) in [5.74, 6) is 1.63. The molecular formula is C13H21NO. The maximum absolute atomic E-state index is 5.17. The summed E-state index contributed by atoms with van der Waals surface area (Å²) < 4.78 is 5.17. The zero-order chi connectivity index (χ0) is 11.3. The summed E-state index contributed by atoms with van der Waals surface area (Å²) in [6, 6.07) is 6.13. The number of hydrogen-bond acceptors (Lipinski definition) is 2. The van der Waals surface area contributed by atoms with Crippen molar-refractivity contribution in [3.8, 4) is 5.75 Å². The average molecular weight is 207 g/mol. The molecule has 1 aromatic rings. The minimum Gasteiger partial charge on any atom is -0.497 e. The van der Waals surface area contributed by atoms with Gasteiger partial charge >= 0.3 is 0 Å². The van der Waals surface area contributed by atoms with Gasteiger partial charge in [-0.05, 0) is 36.6 Å². The summed E-state index contributed by atoms with van der Waals surface area (Å²) in [4.78, 5) is 0. The number of methoxy groups -OCH3 is 1. The number of aryl methyl sites for hydroxylation is 1. The topological polar surface area (TPSA) is 21.3 Å². The minimum atomic E-state index is 0.714. The van der Waals surface area contributed by atoms with Gasteiger partial charge in [-0.3, -0.25) is 0 Å². The molecule has 0 aliphatic rings. The van der Waals surface area contributed by atoms with E-state index in [1.54, 1.807) is 7.11 Å². The van der Waals surface area contributed by atoms with Crippen LogP contribution in [0.4, 0.5) is 5.69 Å². The van der Waals surface area contributed by atoms with Crippen molar-refractivity contribution in [2.75, 3.05) is 19.0 Å². The molecule has 1 aromatic carbocycles. The number of hydrogen-bond donors (Lipinski definition) is 1. The van der Waals surface area contributed by atoms with Crippen LogP contribution in [0.3, 0.4) is 0 Å². The summed E-state index contributed by atoms with van der Waals surface area (Å²) in [5, 5.41) is 3.46. The van der Waals surface area contributed by atoms with Gasteiger partial charge in [-0.15, -0.1) is 0 Å². The third-order valence-electron chi connectivity index (χ3n) is 2.77. The van der Waals surface area contributed by atoms with E-state index < -0.39 is 0 Å². The van der Waals surface area contributed by atoms with E-state index in [-0.39, 0.29) is 0 Å². The van der Waals surface area contributed by atoms with E-state index in [0.29, 0.717) is 5.92 Å². The van der Waals surface area contributed by atoms with E-state index in [0.717, 1.165) is 12.3 Å². The number of nitrogens with one attached hydrogen (secondary N) is 1. The van der Waals surface area contributed by atoms with Gasteiger partial charge in [0.05, 0.1) is 7.11 Å². The van der Waals surface area contributed by atoms with Crippen molar-refractivity contribution in [1.82, 2.24) is 0 Å². The summed E-state index contributed by atoms with van der Waals surface area (Å²) in [7, 11) is 1.70. The molecule has 1 N–H and O–H groups in total. The zero-order valence-electron chi connectivity index (χ0n) is 10.1. The van der Waals surface area contributed by atoms with Crippen LogP contribution in [0.2, 0.25) is 0 Å². The van der Waals surface area contributed by atoms with Gasteiger partial charge in [-0.2, -0.15) is 0 Å². The van der Waals surface area contributed by atoms with Crippen LogP contribution >= 0.6 is 0 Å². The summed E-state index contributed by atoms with van der Waals surface area (Å²) in [6.45, 7) is 7.60. The van der Waals surface area contributed by atoms with Gasteiger partial charge in [-0.25, -0.2) is 0 Å². The van der Waals surface area contributed by atoms with E-state index in [1.165, 1.54) is 17.7 Å². The Morgan fingerprint density at radius 1 is 1.40 bits per heavy atom. The lowest BCUT2D eigenvalue weighted by Gasteiger charge is -2.14. The number of benzene rings is 1. The largest absolute Gasteiger partial charge is 0.497 e. The highest BCUT2D eigenvalue weighted by Crippen LogP contribution is 2.21. The molecule has 0 fully saturated rings. The second-order valence-corrected chi connectivity index (χ2v) is 4.08. The Balaban J connectivity index is 2.62. The molecule has 2 nitrogen and oxygen atoms in total. The number of rotatable bonds is 5. The lowest BCUT2D eigenvalue weighted by molar-refractivity contribution is 0.414. The van der Waals surface area contributed by atoms with E-state index in [1.807, 2.05) is 6.07 Å². The molecule has 0 bridgehead atoms. The third-order valence-corrected chi connectivity index (χ3v) is 2.77. The van der Waals surface area contributed by atoms with Gasteiger partial charge in [0.2, 0.25) is 0 Å². The maximum atomic E-state index is 5.17. The van der Waals surface area contributed by atoms with Crippen LogP contribution in [0.5, 0.6) is 5.75 Å². The molecule has 0 amide bonds. The molecule has 0 spiro atoms. The van der Waals surface area contributed by atoms with Crippen LogP contribution in [0.15, 0.2) is 18.2 Å². The highest BCUT2D eigenvalue weighted by molar-refractivity contribution is 5.53. The molecule has 0 saturated carbocycles. The van der Waals surface area contributed by atoms with Gasteiger partial charge in [0, 0.05) is 12.2 Å². The van der Waals surface area contributed by atoms with Crippen LogP contribution in [0.25, 0.3) is 0 Å². The first-order chi connectivity index (χ1) is 7.17. The van der Waals surface area contributed by atoms with Crippen LogP contribution < -0.4 is 10.1 Å². The molecule has 0 saturated heterocycles. The Hall–Kier alpha value is -1.18. The van der Waals surface area contributed by atoms with E-state index >= 15 is 0 Å². The van der Waals surface area contributed by atoms with E-state index in [4.69, 9.17) is 4.74 Å². The quantitative estimate of drug-likeness (QED) is 0.798. The van der Waals surface area contributed by atoms with Crippen molar-refractivity contribution < 1.29 is 4.74 Å². The summed E-state index contributed by atoms with van der Waals surface area (Å²) in [6.07, 6.45) is 1.21. The van der Waals surface area contributed by atoms with Gasteiger partial charge in [0.1, 0.15) is 5.75 Å². The fourth-order valence-corrected chi connectivity index (χ4v) is 1.39. The molecule has 0 radical (unpaired) electrons. The molecule has 84 valence electrons. The van der Waals surface area contributed by atoms with Crippen LogP contribution in [0.1, 0.15) is 25.8 Å². The normalized spacial score (nSPS) is 12.3. The number of anilines is 1. The number of ether oxygens (including phenoxy) is 1. The van der Waals surface area contributed by atoms with Gasteiger partial charge in [0.25, 0.3) is 0 Å². The zero-order valence-corrected chi connectivity index (χ0v) is 10.1. The maximum Gasteiger partial charge on any atom is 0.119 e. The van der Waals surface area contributed by atoms with Gasteiger partial charge < -0.3 is 10.1 Å². The lowest BCUT2D eigenvalue weighted by atomic mass is 10.1. The van der Waals surface area contributed by atoms with E-state index in [9.17, 15) is 0 Å². The van der Waals surface area contributed by atoms with Crippen LogP contribution in [0, 0.1) is 12.8 Å². The highest BCUT2D eigenvalue weighted by atomic mass is 16.5.